The van der Waals surface area contributed by atoms with E-state index < -0.39 is 0 Å². The molecule has 4 rings (SSSR count). The molecule has 0 saturated carbocycles. The van der Waals surface area contributed by atoms with Crippen LogP contribution in [0.15, 0.2) is 60.9 Å². The van der Waals surface area contributed by atoms with Gasteiger partial charge in [0.2, 0.25) is 5.75 Å². The molecular weight excluding hydrogens is 463 g/mol. The average Bonchev–Trinajstić information content (AvgIpc) is 2.93. The first-order valence-electron chi connectivity index (χ1n) is 11.8. The van der Waals surface area contributed by atoms with Crippen LogP contribution in [-0.2, 0) is 0 Å². The van der Waals surface area contributed by atoms with Gasteiger partial charge in [-0.2, -0.15) is 0 Å². The Kier molecular flexibility index (Phi) is 8.22. The number of carbonyl (C=O) groups excluding carboxylic acids is 1. The molecule has 1 fully saturated rings. The van der Waals surface area contributed by atoms with Crippen LogP contribution < -0.4 is 24.4 Å². The van der Waals surface area contributed by atoms with Crippen LogP contribution in [-0.4, -0.2) is 69.8 Å². The quantitative estimate of drug-likeness (QED) is 0.488. The normalized spacial score (nSPS) is 14.7. The van der Waals surface area contributed by atoms with Crippen molar-refractivity contribution in [3.8, 4) is 17.2 Å². The number of rotatable bonds is 9. The van der Waals surface area contributed by atoms with Crippen molar-refractivity contribution in [1.82, 2.24) is 15.2 Å². The van der Waals surface area contributed by atoms with Gasteiger partial charge in [0.15, 0.2) is 11.5 Å². The van der Waals surface area contributed by atoms with Gasteiger partial charge in [0, 0.05) is 56.4 Å². The molecule has 0 radical (unpaired) electrons. The lowest BCUT2D eigenvalue weighted by Gasteiger charge is -2.40. The Morgan fingerprint density at radius 1 is 1.00 bits per heavy atom. The summed E-state index contributed by atoms with van der Waals surface area (Å²) in [6.45, 7) is 3.57. The van der Waals surface area contributed by atoms with Crippen molar-refractivity contribution in [1.29, 1.82) is 0 Å². The molecule has 1 amide bonds. The van der Waals surface area contributed by atoms with Gasteiger partial charge in [-0.3, -0.25) is 14.7 Å². The minimum atomic E-state index is -0.243. The van der Waals surface area contributed by atoms with Gasteiger partial charge < -0.3 is 24.4 Å². The second kappa shape index (κ2) is 11.7. The Bertz CT molecular complexity index is 1130. The van der Waals surface area contributed by atoms with Crippen molar-refractivity contribution < 1.29 is 23.4 Å². The third-order valence-corrected chi connectivity index (χ3v) is 6.40. The number of ether oxygens (including phenoxy) is 3. The average molecular weight is 495 g/mol. The number of hydrogen-bond acceptors (Lipinski definition) is 7. The Morgan fingerprint density at radius 3 is 2.22 bits per heavy atom. The topological polar surface area (TPSA) is 76.2 Å². The first-order chi connectivity index (χ1) is 17.5. The van der Waals surface area contributed by atoms with Crippen LogP contribution in [0.3, 0.4) is 0 Å². The van der Waals surface area contributed by atoms with Crippen molar-refractivity contribution >= 4 is 11.6 Å². The van der Waals surface area contributed by atoms with Crippen LogP contribution in [0.1, 0.15) is 22.0 Å². The predicted octanol–water partition coefficient (Wildman–Crippen LogP) is 3.54. The summed E-state index contributed by atoms with van der Waals surface area (Å²) in [6.07, 6.45) is 3.57. The first-order valence-corrected chi connectivity index (χ1v) is 11.8. The number of halogens is 1. The molecule has 1 saturated heterocycles. The van der Waals surface area contributed by atoms with Crippen molar-refractivity contribution in [2.75, 3.05) is 59.0 Å². The molecule has 1 aliphatic heterocycles. The highest BCUT2D eigenvalue weighted by Gasteiger charge is 2.26. The van der Waals surface area contributed by atoms with Crippen LogP contribution >= 0.6 is 0 Å². The number of hydrogen-bond donors (Lipinski definition) is 1. The molecular formula is C27H31FN4O4. The van der Waals surface area contributed by atoms with E-state index in [0.29, 0.717) is 29.4 Å². The lowest BCUT2D eigenvalue weighted by Crippen LogP contribution is -2.50. The molecule has 36 heavy (non-hydrogen) atoms. The first kappa shape index (κ1) is 25.2. The highest BCUT2D eigenvalue weighted by atomic mass is 19.1. The number of nitrogens with one attached hydrogen (secondary N) is 1. The van der Waals surface area contributed by atoms with Crippen LogP contribution in [0.5, 0.6) is 17.2 Å². The zero-order chi connectivity index (χ0) is 25.5. The van der Waals surface area contributed by atoms with Crippen molar-refractivity contribution in [3.05, 3.63) is 77.9 Å². The standard InChI is InChI=1S/C27H31FN4O4/c1-34-24-15-20(16-25(35-2)26(24)36-3)27(33)30-18-23(19-5-4-10-29-17-19)32-13-11-31(12-14-32)22-8-6-21(28)7-9-22/h4-10,15-17,23H,11-14,18H2,1-3H3,(H,30,33)/t23-/m0/s1. The maximum Gasteiger partial charge on any atom is 0.251 e. The minimum Gasteiger partial charge on any atom is -0.493 e. The van der Waals surface area contributed by atoms with Gasteiger partial charge >= 0.3 is 0 Å². The monoisotopic (exact) mass is 494 g/mol. The van der Waals surface area contributed by atoms with Gasteiger partial charge in [0.25, 0.3) is 5.91 Å². The van der Waals surface area contributed by atoms with Gasteiger partial charge in [-0.1, -0.05) is 6.07 Å². The SMILES string of the molecule is COc1cc(C(=O)NC[C@@H](c2cccnc2)N2CCN(c3ccc(F)cc3)CC2)cc(OC)c1OC. The number of benzene rings is 2. The maximum absolute atomic E-state index is 13.3. The summed E-state index contributed by atoms with van der Waals surface area (Å²) in [4.78, 5) is 22.0. The van der Waals surface area contributed by atoms with E-state index in [0.717, 1.165) is 37.4 Å². The summed E-state index contributed by atoms with van der Waals surface area (Å²) in [5.41, 5.74) is 2.44. The molecule has 3 aromatic rings. The molecule has 0 aliphatic carbocycles. The van der Waals surface area contributed by atoms with E-state index in [1.807, 2.05) is 18.3 Å². The third kappa shape index (κ3) is 5.68. The second-order valence-corrected chi connectivity index (χ2v) is 8.43. The number of pyridine rings is 1. The van der Waals surface area contributed by atoms with E-state index >= 15 is 0 Å². The third-order valence-electron chi connectivity index (χ3n) is 6.40. The number of piperazine rings is 1. The van der Waals surface area contributed by atoms with Crippen molar-refractivity contribution in [2.45, 2.75) is 6.04 Å². The highest BCUT2D eigenvalue weighted by molar-refractivity contribution is 5.95. The fourth-order valence-corrected chi connectivity index (χ4v) is 4.48. The Morgan fingerprint density at radius 2 is 1.67 bits per heavy atom. The fraction of sp³-hybridized carbons (Fsp3) is 0.333. The van der Waals surface area contributed by atoms with E-state index in [9.17, 15) is 9.18 Å². The van der Waals surface area contributed by atoms with E-state index in [1.54, 1.807) is 30.5 Å². The van der Waals surface area contributed by atoms with Crippen molar-refractivity contribution in [3.63, 3.8) is 0 Å². The van der Waals surface area contributed by atoms with Crippen LogP contribution in [0, 0.1) is 5.82 Å². The number of carbonyl (C=O) groups is 1. The predicted molar refractivity (Wildman–Crippen MR) is 136 cm³/mol. The molecule has 2 heterocycles. The molecule has 2 aromatic carbocycles. The molecule has 8 nitrogen and oxygen atoms in total. The Labute approximate surface area is 210 Å². The van der Waals surface area contributed by atoms with Gasteiger partial charge in [-0.25, -0.2) is 4.39 Å². The zero-order valence-electron chi connectivity index (χ0n) is 20.7. The summed E-state index contributed by atoms with van der Waals surface area (Å²) >= 11 is 0. The van der Waals surface area contributed by atoms with Gasteiger partial charge in [0.1, 0.15) is 5.82 Å². The summed E-state index contributed by atoms with van der Waals surface area (Å²) in [5, 5.41) is 3.07. The molecule has 9 heteroatoms. The summed E-state index contributed by atoms with van der Waals surface area (Å²) in [5.74, 6) is 0.791. The largest absolute Gasteiger partial charge is 0.493 e. The second-order valence-electron chi connectivity index (χ2n) is 8.43. The highest BCUT2D eigenvalue weighted by Crippen LogP contribution is 2.38. The van der Waals surface area contributed by atoms with Crippen LogP contribution in [0.4, 0.5) is 10.1 Å². The van der Waals surface area contributed by atoms with Crippen LogP contribution in [0.25, 0.3) is 0 Å². The lowest BCUT2D eigenvalue weighted by atomic mass is 10.1. The lowest BCUT2D eigenvalue weighted by molar-refractivity contribution is 0.0929. The Hall–Kier alpha value is -3.85. The minimum absolute atomic E-state index is 0.0555. The van der Waals surface area contributed by atoms with Gasteiger partial charge in [-0.05, 0) is 48.0 Å². The number of methoxy groups -OCH3 is 3. The van der Waals surface area contributed by atoms with Crippen molar-refractivity contribution in [2.24, 2.45) is 0 Å². The molecule has 1 aromatic heterocycles. The molecule has 0 spiro atoms. The maximum atomic E-state index is 13.3. The number of anilines is 1. The molecule has 0 unspecified atom stereocenters. The molecule has 1 aliphatic rings. The summed E-state index contributed by atoms with van der Waals surface area (Å²) < 4.78 is 29.4. The number of amides is 1. The number of aromatic nitrogens is 1. The Balaban J connectivity index is 1.47. The molecule has 0 bridgehead atoms. The van der Waals surface area contributed by atoms with Gasteiger partial charge in [-0.15, -0.1) is 0 Å². The van der Waals surface area contributed by atoms with E-state index in [2.05, 4.69) is 20.1 Å². The van der Waals surface area contributed by atoms with E-state index in [1.165, 1.54) is 33.5 Å². The molecule has 190 valence electrons. The molecule has 1 atom stereocenters. The number of nitrogens with zero attached hydrogens (tertiary/aromatic N) is 3. The van der Waals surface area contributed by atoms with E-state index in [-0.39, 0.29) is 17.8 Å². The summed E-state index contributed by atoms with van der Waals surface area (Å²) in [6, 6.07) is 13.7. The van der Waals surface area contributed by atoms with E-state index in [4.69, 9.17) is 14.2 Å². The smallest absolute Gasteiger partial charge is 0.251 e. The molecule has 1 N–H and O–H groups in total. The van der Waals surface area contributed by atoms with Gasteiger partial charge in [0.05, 0.1) is 27.4 Å². The van der Waals surface area contributed by atoms with Crippen LogP contribution in [0.2, 0.25) is 0 Å². The fourth-order valence-electron chi connectivity index (χ4n) is 4.48. The zero-order valence-corrected chi connectivity index (χ0v) is 20.7. The summed E-state index contributed by atoms with van der Waals surface area (Å²) in [7, 11) is 4.56.